The van der Waals surface area contributed by atoms with Crippen molar-refractivity contribution >= 4 is 29.5 Å². The van der Waals surface area contributed by atoms with Crippen molar-refractivity contribution in [3.05, 3.63) is 59.5 Å². The van der Waals surface area contributed by atoms with Crippen molar-refractivity contribution < 1.29 is 28.3 Å². The van der Waals surface area contributed by atoms with Gasteiger partial charge in [0.25, 0.3) is 5.91 Å². The third-order valence-corrected chi connectivity index (χ3v) is 5.73. The van der Waals surface area contributed by atoms with Crippen LogP contribution in [0.25, 0.3) is 0 Å². The minimum atomic E-state index is -1.02. The summed E-state index contributed by atoms with van der Waals surface area (Å²) in [6.45, 7) is 4.14. The van der Waals surface area contributed by atoms with Gasteiger partial charge in [-0.15, -0.1) is 0 Å². The predicted octanol–water partition coefficient (Wildman–Crippen LogP) is 2.48. The number of carbonyl (C=O) groups is 4. The Balaban J connectivity index is 1.51. The summed E-state index contributed by atoms with van der Waals surface area (Å²) < 4.78 is 10.7. The van der Waals surface area contributed by atoms with Crippen LogP contribution in [0.2, 0.25) is 0 Å². The fourth-order valence-corrected chi connectivity index (χ4v) is 3.93. The van der Waals surface area contributed by atoms with E-state index in [0.29, 0.717) is 42.4 Å². The lowest BCUT2D eigenvalue weighted by Crippen LogP contribution is -2.42. The standard InChI is InChI=1S/C24H26N4O6/c1-3-33-12-5-11-26-22(30)23(31)27(24(26)32)15-21(29)28-19(20-6-4-13-34-20)14-18(25-28)17-9-7-16(2)8-10-17/h4,6-10,13,19H,3,5,11-12,14-15H2,1-2H3. The number of ether oxygens (including phenoxy) is 1. The number of hydrazone groups is 1. The number of imide groups is 2. The lowest BCUT2D eigenvalue weighted by atomic mass is 10.0. The molecular weight excluding hydrogens is 440 g/mol. The molecule has 2 aliphatic rings. The normalized spacial score (nSPS) is 18.3. The smallest absolute Gasteiger partial charge is 0.334 e. The van der Waals surface area contributed by atoms with Gasteiger partial charge in [0.1, 0.15) is 18.3 Å². The summed E-state index contributed by atoms with van der Waals surface area (Å²) in [5.41, 5.74) is 2.64. The van der Waals surface area contributed by atoms with Gasteiger partial charge in [-0.05, 0) is 38.0 Å². The Kier molecular flexibility index (Phi) is 6.87. The zero-order valence-corrected chi connectivity index (χ0v) is 19.1. The molecule has 2 aromatic rings. The van der Waals surface area contributed by atoms with Crippen LogP contribution >= 0.6 is 0 Å². The quantitative estimate of drug-likeness (QED) is 0.319. The van der Waals surface area contributed by atoms with Crippen molar-refractivity contribution in [1.29, 1.82) is 0 Å². The minimum Gasteiger partial charge on any atom is -0.467 e. The third-order valence-electron chi connectivity index (χ3n) is 5.73. The number of nitrogens with zero attached hydrogens (tertiary/aromatic N) is 4. The Bertz CT molecular complexity index is 1110. The number of furan rings is 1. The molecule has 10 heteroatoms. The second-order valence-corrected chi connectivity index (χ2v) is 8.07. The van der Waals surface area contributed by atoms with Crippen LogP contribution < -0.4 is 0 Å². The lowest BCUT2D eigenvalue weighted by molar-refractivity contribution is -0.145. The van der Waals surface area contributed by atoms with Crippen molar-refractivity contribution in [1.82, 2.24) is 14.8 Å². The highest BCUT2D eigenvalue weighted by atomic mass is 16.5. The fourth-order valence-electron chi connectivity index (χ4n) is 3.93. The van der Waals surface area contributed by atoms with Crippen LogP contribution in [0.5, 0.6) is 0 Å². The molecule has 1 aromatic carbocycles. The van der Waals surface area contributed by atoms with Gasteiger partial charge in [0.2, 0.25) is 0 Å². The molecule has 1 fully saturated rings. The van der Waals surface area contributed by atoms with Crippen LogP contribution in [-0.4, -0.2) is 70.6 Å². The van der Waals surface area contributed by atoms with Gasteiger partial charge in [0.05, 0.1) is 12.0 Å². The number of benzene rings is 1. The van der Waals surface area contributed by atoms with E-state index in [-0.39, 0.29) is 6.54 Å². The van der Waals surface area contributed by atoms with Gasteiger partial charge >= 0.3 is 17.8 Å². The van der Waals surface area contributed by atoms with Gasteiger partial charge in [0.15, 0.2) is 0 Å². The van der Waals surface area contributed by atoms with Crippen LogP contribution in [0.4, 0.5) is 4.79 Å². The molecule has 0 radical (unpaired) electrons. The van der Waals surface area contributed by atoms with E-state index in [0.717, 1.165) is 16.0 Å². The van der Waals surface area contributed by atoms with Gasteiger partial charge in [-0.25, -0.2) is 14.7 Å². The second-order valence-electron chi connectivity index (χ2n) is 8.07. The molecule has 34 heavy (non-hydrogen) atoms. The van der Waals surface area contributed by atoms with Gasteiger partial charge in [-0.2, -0.15) is 5.10 Å². The van der Waals surface area contributed by atoms with E-state index in [4.69, 9.17) is 9.15 Å². The molecule has 3 heterocycles. The molecule has 1 saturated heterocycles. The van der Waals surface area contributed by atoms with Crippen molar-refractivity contribution in [3.8, 4) is 0 Å². The van der Waals surface area contributed by atoms with Crippen molar-refractivity contribution in [3.63, 3.8) is 0 Å². The zero-order chi connectivity index (χ0) is 24.2. The van der Waals surface area contributed by atoms with Crippen LogP contribution in [0.15, 0.2) is 52.2 Å². The molecular formula is C24H26N4O6. The summed E-state index contributed by atoms with van der Waals surface area (Å²) in [6.07, 6.45) is 2.32. The van der Waals surface area contributed by atoms with Crippen LogP contribution in [-0.2, 0) is 19.1 Å². The molecule has 1 unspecified atom stereocenters. The summed E-state index contributed by atoms with van der Waals surface area (Å²) in [6, 6.07) is 9.89. The van der Waals surface area contributed by atoms with E-state index in [1.54, 1.807) is 12.1 Å². The number of aryl methyl sites for hydroxylation is 1. The Morgan fingerprint density at radius 2 is 1.85 bits per heavy atom. The zero-order valence-electron chi connectivity index (χ0n) is 19.1. The van der Waals surface area contributed by atoms with Crippen molar-refractivity contribution in [2.75, 3.05) is 26.3 Å². The fraction of sp³-hybridized carbons (Fsp3) is 0.375. The minimum absolute atomic E-state index is 0.0442. The van der Waals surface area contributed by atoms with E-state index >= 15 is 0 Å². The summed E-state index contributed by atoms with van der Waals surface area (Å²) in [5, 5.41) is 5.73. The number of amides is 5. The van der Waals surface area contributed by atoms with E-state index in [1.165, 1.54) is 11.3 Å². The molecule has 1 atom stereocenters. The van der Waals surface area contributed by atoms with E-state index in [9.17, 15) is 19.2 Å². The number of hydrogen-bond donors (Lipinski definition) is 0. The first-order chi connectivity index (χ1) is 16.4. The molecule has 4 rings (SSSR count). The van der Waals surface area contributed by atoms with Gasteiger partial charge in [-0.3, -0.25) is 19.3 Å². The SMILES string of the molecule is CCOCCCN1C(=O)C(=O)N(CC(=O)N2N=C(c3ccc(C)cc3)CC2c2ccco2)C1=O. The summed E-state index contributed by atoms with van der Waals surface area (Å²) in [4.78, 5) is 52.2. The highest BCUT2D eigenvalue weighted by Gasteiger charge is 2.46. The molecule has 0 spiro atoms. The third kappa shape index (κ3) is 4.62. The van der Waals surface area contributed by atoms with Gasteiger partial charge in [0, 0.05) is 26.2 Å². The van der Waals surface area contributed by atoms with Gasteiger partial charge in [-0.1, -0.05) is 29.8 Å². The monoisotopic (exact) mass is 466 g/mol. The molecule has 0 N–H and O–H groups in total. The average Bonchev–Trinajstić information content (AvgIpc) is 3.55. The maximum Gasteiger partial charge on any atom is 0.334 e. The van der Waals surface area contributed by atoms with E-state index < -0.39 is 36.3 Å². The Morgan fingerprint density at radius 3 is 2.53 bits per heavy atom. The van der Waals surface area contributed by atoms with E-state index in [1.807, 2.05) is 38.1 Å². The second kappa shape index (κ2) is 10.0. The predicted molar refractivity (Wildman–Crippen MR) is 121 cm³/mol. The van der Waals surface area contributed by atoms with Crippen LogP contribution in [0.3, 0.4) is 0 Å². The highest BCUT2D eigenvalue weighted by molar-refractivity contribution is 6.45. The number of rotatable bonds is 9. The number of hydrogen-bond acceptors (Lipinski definition) is 7. The first-order valence-electron chi connectivity index (χ1n) is 11.2. The molecule has 1 aromatic heterocycles. The first-order valence-corrected chi connectivity index (χ1v) is 11.2. The molecule has 2 aliphatic heterocycles. The van der Waals surface area contributed by atoms with Crippen LogP contribution in [0.1, 0.15) is 42.7 Å². The molecule has 0 bridgehead atoms. The molecule has 178 valence electrons. The Labute approximate surface area is 196 Å². The average molecular weight is 466 g/mol. The summed E-state index contributed by atoms with van der Waals surface area (Å²) in [5.74, 6) is -2.02. The van der Waals surface area contributed by atoms with Crippen molar-refractivity contribution in [2.24, 2.45) is 5.10 Å². The van der Waals surface area contributed by atoms with E-state index in [2.05, 4.69) is 5.10 Å². The molecule has 0 aliphatic carbocycles. The maximum atomic E-state index is 13.2. The number of carbonyl (C=O) groups excluding carboxylic acids is 4. The topological polar surface area (TPSA) is 113 Å². The van der Waals surface area contributed by atoms with Gasteiger partial charge < -0.3 is 9.15 Å². The largest absolute Gasteiger partial charge is 0.467 e. The maximum absolute atomic E-state index is 13.2. The Hall–Kier alpha value is -3.79. The Morgan fingerprint density at radius 1 is 1.12 bits per heavy atom. The molecule has 5 amide bonds. The molecule has 10 nitrogen and oxygen atoms in total. The summed E-state index contributed by atoms with van der Waals surface area (Å²) in [7, 11) is 0. The highest BCUT2D eigenvalue weighted by Crippen LogP contribution is 2.33. The van der Waals surface area contributed by atoms with Crippen LogP contribution in [0, 0.1) is 6.92 Å². The summed E-state index contributed by atoms with van der Waals surface area (Å²) >= 11 is 0. The number of urea groups is 1. The first kappa shape index (κ1) is 23.4. The molecule has 0 saturated carbocycles. The lowest BCUT2D eigenvalue weighted by Gasteiger charge is -2.22. The van der Waals surface area contributed by atoms with Crippen molar-refractivity contribution in [2.45, 2.75) is 32.7 Å².